The fraction of sp³-hybridized carbons (Fsp3) is 0.143. The van der Waals surface area contributed by atoms with Gasteiger partial charge in [-0.05, 0) is 24.3 Å². The van der Waals surface area contributed by atoms with Crippen LogP contribution in [0.4, 0.5) is 10.5 Å². The minimum atomic E-state index is -0.506. The smallest absolute Gasteiger partial charge is 0.337 e. The fourth-order valence-electron chi connectivity index (χ4n) is 1.61. The summed E-state index contributed by atoms with van der Waals surface area (Å²) >= 11 is 5.98. The maximum Gasteiger partial charge on any atom is 0.337 e. The lowest BCUT2D eigenvalue weighted by atomic mass is 10.2. The third kappa shape index (κ3) is 4.00. The van der Waals surface area contributed by atoms with Crippen LogP contribution in [0.3, 0.4) is 0 Å². The molecule has 2 amide bonds. The van der Waals surface area contributed by atoms with Crippen LogP contribution in [-0.2, 0) is 11.3 Å². The number of methoxy groups -OCH3 is 1. The predicted molar refractivity (Wildman–Crippen MR) is 77.4 cm³/mol. The van der Waals surface area contributed by atoms with Crippen LogP contribution >= 0.6 is 11.6 Å². The Bertz CT molecular complexity index is 640. The van der Waals surface area contributed by atoms with Gasteiger partial charge in [-0.1, -0.05) is 11.6 Å². The molecule has 0 fully saturated rings. The van der Waals surface area contributed by atoms with Crippen LogP contribution < -0.4 is 10.6 Å². The van der Waals surface area contributed by atoms with Gasteiger partial charge in [0, 0.05) is 12.1 Å². The third-order valence-electron chi connectivity index (χ3n) is 2.67. The molecule has 2 aromatic rings. The van der Waals surface area contributed by atoms with E-state index in [1.165, 1.54) is 37.8 Å². The number of benzene rings is 1. The molecule has 0 atom stereocenters. The molecule has 0 saturated heterocycles. The van der Waals surface area contributed by atoms with Crippen molar-refractivity contribution in [2.75, 3.05) is 12.4 Å². The highest BCUT2D eigenvalue weighted by molar-refractivity contribution is 6.33. The van der Waals surface area contributed by atoms with Crippen LogP contribution in [-0.4, -0.2) is 19.1 Å². The molecular formula is C14H13ClN2O4. The first-order valence-corrected chi connectivity index (χ1v) is 6.41. The van der Waals surface area contributed by atoms with E-state index >= 15 is 0 Å². The number of hydrogen-bond acceptors (Lipinski definition) is 4. The lowest BCUT2D eigenvalue weighted by Gasteiger charge is -2.09. The maximum atomic E-state index is 11.8. The summed E-state index contributed by atoms with van der Waals surface area (Å²) in [6.45, 7) is 0.316. The molecule has 6 nitrogen and oxygen atoms in total. The highest BCUT2D eigenvalue weighted by Crippen LogP contribution is 2.23. The second-order valence-corrected chi connectivity index (χ2v) is 4.53. The average Bonchev–Trinajstić information content (AvgIpc) is 3.00. The number of halogens is 1. The normalized spacial score (nSPS) is 10.0. The van der Waals surface area contributed by atoms with Gasteiger partial charge in [-0.2, -0.15) is 0 Å². The monoisotopic (exact) mass is 308 g/mol. The molecule has 1 aromatic heterocycles. The lowest BCUT2D eigenvalue weighted by Crippen LogP contribution is -2.28. The number of anilines is 1. The quantitative estimate of drug-likeness (QED) is 0.851. The van der Waals surface area contributed by atoms with Crippen molar-refractivity contribution >= 4 is 29.3 Å². The van der Waals surface area contributed by atoms with E-state index < -0.39 is 12.0 Å². The van der Waals surface area contributed by atoms with Crippen LogP contribution in [0, 0.1) is 0 Å². The van der Waals surface area contributed by atoms with Crippen molar-refractivity contribution < 1.29 is 18.7 Å². The van der Waals surface area contributed by atoms with E-state index in [0.29, 0.717) is 22.8 Å². The van der Waals surface area contributed by atoms with Gasteiger partial charge in [0.25, 0.3) is 0 Å². The first-order valence-electron chi connectivity index (χ1n) is 6.04. The van der Waals surface area contributed by atoms with Gasteiger partial charge in [0.2, 0.25) is 0 Å². The Labute approximate surface area is 126 Å². The van der Waals surface area contributed by atoms with Crippen LogP contribution in [0.2, 0.25) is 5.02 Å². The second kappa shape index (κ2) is 6.81. The number of amides is 2. The summed E-state index contributed by atoms with van der Waals surface area (Å²) in [6.07, 6.45) is 3.05. The fourth-order valence-corrected chi connectivity index (χ4v) is 1.77. The number of hydrogen-bond donors (Lipinski definition) is 2. The highest BCUT2D eigenvalue weighted by atomic mass is 35.5. The number of ether oxygens (including phenoxy) is 1. The number of furan rings is 1. The highest BCUT2D eigenvalue weighted by Gasteiger charge is 2.11. The average molecular weight is 309 g/mol. The van der Waals surface area contributed by atoms with Crippen LogP contribution in [0.25, 0.3) is 0 Å². The topological polar surface area (TPSA) is 80.6 Å². The van der Waals surface area contributed by atoms with E-state index in [-0.39, 0.29) is 0 Å². The van der Waals surface area contributed by atoms with Crippen molar-refractivity contribution in [3.05, 3.63) is 52.9 Å². The Morgan fingerprint density at radius 2 is 2.14 bits per heavy atom. The van der Waals surface area contributed by atoms with Gasteiger partial charge < -0.3 is 19.8 Å². The van der Waals surface area contributed by atoms with E-state index in [4.69, 9.17) is 16.0 Å². The summed E-state index contributed by atoms with van der Waals surface area (Å²) < 4.78 is 9.51. The molecular weight excluding hydrogens is 296 g/mol. The molecule has 0 bridgehead atoms. The predicted octanol–water partition coefficient (Wildman–Crippen LogP) is 3.04. The summed E-state index contributed by atoms with van der Waals surface area (Å²) in [4.78, 5) is 23.2. The Kier molecular flexibility index (Phi) is 4.84. The number of esters is 1. The molecule has 7 heteroatoms. The SMILES string of the molecule is COC(=O)c1ccc(Cl)c(NC(=O)NCc2ccoc2)c1. The second-order valence-electron chi connectivity index (χ2n) is 4.13. The first-order chi connectivity index (χ1) is 10.1. The maximum absolute atomic E-state index is 11.8. The van der Waals surface area contributed by atoms with Crippen LogP contribution in [0.1, 0.15) is 15.9 Å². The molecule has 0 saturated carbocycles. The molecule has 2 rings (SSSR count). The molecule has 0 spiro atoms. The molecule has 1 heterocycles. The third-order valence-corrected chi connectivity index (χ3v) is 3.00. The molecule has 2 N–H and O–H groups in total. The zero-order valence-corrected chi connectivity index (χ0v) is 11.9. The van der Waals surface area contributed by atoms with Gasteiger partial charge in [-0.3, -0.25) is 0 Å². The number of carbonyl (C=O) groups is 2. The van der Waals surface area contributed by atoms with Gasteiger partial charge in [0.15, 0.2) is 0 Å². The lowest BCUT2D eigenvalue weighted by molar-refractivity contribution is 0.0600. The molecule has 0 aliphatic carbocycles. The largest absolute Gasteiger partial charge is 0.472 e. The van der Waals surface area contributed by atoms with Gasteiger partial charge in [-0.25, -0.2) is 9.59 Å². The number of nitrogens with one attached hydrogen (secondary N) is 2. The van der Waals surface area contributed by atoms with Crippen molar-refractivity contribution in [2.45, 2.75) is 6.54 Å². The Morgan fingerprint density at radius 1 is 1.33 bits per heavy atom. The van der Waals surface area contributed by atoms with Crippen molar-refractivity contribution in [2.24, 2.45) is 0 Å². The van der Waals surface area contributed by atoms with Crippen LogP contribution in [0.5, 0.6) is 0 Å². The van der Waals surface area contributed by atoms with E-state index in [1.807, 2.05) is 0 Å². The number of rotatable bonds is 4. The van der Waals surface area contributed by atoms with Crippen molar-refractivity contribution in [1.82, 2.24) is 5.32 Å². The summed E-state index contributed by atoms with van der Waals surface area (Å²) in [6, 6.07) is 5.78. The molecule has 1 aromatic carbocycles. The van der Waals surface area contributed by atoms with Gasteiger partial charge >= 0.3 is 12.0 Å². The molecule has 0 aliphatic rings. The zero-order chi connectivity index (χ0) is 15.2. The number of carbonyl (C=O) groups excluding carboxylic acids is 2. The Balaban J connectivity index is 2.01. The minimum absolute atomic E-state index is 0.298. The molecule has 0 radical (unpaired) electrons. The summed E-state index contributed by atoms with van der Waals surface area (Å²) in [7, 11) is 1.28. The van der Waals surface area contributed by atoms with Gasteiger partial charge in [0.1, 0.15) is 0 Å². The summed E-state index contributed by atoms with van der Waals surface area (Å²) in [5.41, 5.74) is 1.45. The summed E-state index contributed by atoms with van der Waals surface area (Å²) in [5, 5.41) is 5.53. The molecule has 21 heavy (non-hydrogen) atoms. The Hall–Kier alpha value is -2.47. The van der Waals surface area contributed by atoms with Crippen molar-refractivity contribution in [3.8, 4) is 0 Å². The van der Waals surface area contributed by atoms with Crippen molar-refractivity contribution in [1.29, 1.82) is 0 Å². The Morgan fingerprint density at radius 3 is 2.81 bits per heavy atom. The van der Waals surface area contributed by atoms with E-state index in [2.05, 4.69) is 15.4 Å². The van der Waals surface area contributed by atoms with E-state index in [0.717, 1.165) is 5.56 Å². The van der Waals surface area contributed by atoms with Gasteiger partial charge in [-0.15, -0.1) is 0 Å². The first kappa shape index (κ1) is 14.9. The molecule has 110 valence electrons. The standard InChI is InChI=1S/C14H13ClN2O4/c1-20-13(18)10-2-3-11(15)12(6-10)17-14(19)16-7-9-4-5-21-8-9/h2-6,8H,7H2,1H3,(H2,16,17,19). The van der Waals surface area contributed by atoms with E-state index in [9.17, 15) is 9.59 Å². The molecule has 0 unspecified atom stereocenters. The zero-order valence-electron chi connectivity index (χ0n) is 11.2. The van der Waals surface area contributed by atoms with Crippen molar-refractivity contribution in [3.63, 3.8) is 0 Å². The summed E-state index contributed by atoms with van der Waals surface area (Å²) in [5.74, 6) is -0.506. The van der Waals surface area contributed by atoms with Crippen LogP contribution in [0.15, 0.2) is 41.2 Å². The minimum Gasteiger partial charge on any atom is -0.472 e. The van der Waals surface area contributed by atoms with E-state index in [1.54, 1.807) is 6.07 Å². The molecule has 0 aliphatic heterocycles. The van der Waals surface area contributed by atoms with Gasteiger partial charge in [0.05, 0.1) is 35.9 Å². The number of urea groups is 1.